The van der Waals surface area contributed by atoms with Crippen LogP contribution in [0.2, 0.25) is 10.0 Å². The number of carbonyl (C=O) groups excluding carboxylic acids is 2. The third-order valence-electron chi connectivity index (χ3n) is 3.83. The second-order valence-corrected chi connectivity index (χ2v) is 7.61. The minimum Gasteiger partial charge on any atom is -0.483 e. The average Bonchev–Trinajstić information content (AvgIpc) is 2.95. The summed E-state index contributed by atoms with van der Waals surface area (Å²) in [4.78, 5) is 27.6. The van der Waals surface area contributed by atoms with Gasteiger partial charge in [0.25, 0.3) is 5.91 Å². The Morgan fingerprint density at radius 1 is 1.29 bits per heavy atom. The lowest BCUT2D eigenvalue weighted by Gasteiger charge is -2.18. The summed E-state index contributed by atoms with van der Waals surface area (Å²) in [5.41, 5.74) is 0.694. The molecule has 1 amide bonds. The Morgan fingerprint density at radius 3 is 2.82 bits per heavy atom. The van der Waals surface area contributed by atoms with E-state index in [0.717, 1.165) is 12.0 Å². The van der Waals surface area contributed by atoms with Crippen molar-refractivity contribution in [2.75, 3.05) is 18.5 Å². The highest BCUT2D eigenvalue weighted by molar-refractivity contribution is 6.36. The highest BCUT2D eigenvalue weighted by Crippen LogP contribution is 2.41. The first-order valence-corrected chi connectivity index (χ1v) is 9.19. The Labute approximate surface area is 171 Å². The number of hydrogen-bond donors (Lipinski definition) is 1. The summed E-state index contributed by atoms with van der Waals surface area (Å²) in [7, 11) is 0. The molecule has 1 N–H and O–H groups in total. The van der Waals surface area contributed by atoms with Crippen LogP contribution in [0.15, 0.2) is 30.5 Å². The van der Waals surface area contributed by atoms with Gasteiger partial charge >= 0.3 is 5.97 Å². The predicted octanol–water partition coefficient (Wildman–Crippen LogP) is 3.66. The summed E-state index contributed by atoms with van der Waals surface area (Å²) in [6.45, 7) is 3.10. The van der Waals surface area contributed by atoms with Gasteiger partial charge in [0.15, 0.2) is 30.5 Å². The molecule has 0 spiro atoms. The lowest BCUT2D eigenvalue weighted by atomic mass is 10.0. The maximum absolute atomic E-state index is 11.9. The molecule has 1 aliphatic heterocycles. The van der Waals surface area contributed by atoms with Crippen molar-refractivity contribution in [2.24, 2.45) is 0 Å². The Hall–Kier alpha value is -2.51. The number of esters is 1. The molecule has 1 aromatic carbocycles. The van der Waals surface area contributed by atoms with E-state index in [4.69, 9.17) is 37.4 Å². The highest BCUT2D eigenvalue weighted by atomic mass is 35.5. The van der Waals surface area contributed by atoms with Crippen molar-refractivity contribution in [3.05, 3.63) is 46.1 Å². The molecule has 0 saturated carbocycles. The molecule has 0 unspecified atom stereocenters. The molecule has 28 heavy (non-hydrogen) atoms. The fourth-order valence-electron chi connectivity index (χ4n) is 2.70. The number of rotatable bonds is 6. The van der Waals surface area contributed by atoms with E-state index >= 15 is 0 Å². The number of pyridine rings is 1. The van der Waals surface area contributed by atoms with Gasteiger partial charge in [-0.25, -0.2) is 9.78 Å². The average molecular weight is 425 g/mol. The van der Waals surface area contributed by atoms with Gasteiger partial charge in [-0.1, -0.05) is 35.3 Å². The Balaban J connectivity index is 1.48. The van der Waals surface area contributed by atoms with Gasteiger partial charge in [0, 0.05) is 18.2 Å². The first-order chi connectivity index (χ1) is 13.2. The third kappa shape index (κ3) is 5.05. The van der Waals surface area contributed by atoms with Crippen LogP contribution in [-0.4, -0.2) is 35.7 Å². The van der Waals surface area contributed by atoms with Crippen LogP contribution in [0.1, 0.15) is 19.4 Å². The summed E-state index contributed by atoms with van der Waals surface area (Å²) in [5, 5.41) is 2.95. The van der Waals surface area contributed by atoms with E-state index in [-0.39, 0.29) is 23.0 Å². The Bertz CT molecular complexity index is 917. The topological polar surface area (TPSA) is 86.8 Å². The number of fused-ring (bicyclic) bond motifs is 1. The Morgan fingerprint density at radius 2 is 2.07 bits per heavy atom. The van der Waals surface area contributed by atoms with Crippen molar-refractivity contribution < 1.29 is 23.8 Å². The minimum atomic E-state index is -0.694. The van der Waals surface area contributed by atoms with Crippen LogP contribution in [0, 0.1) is 0 Å². The molecule has 0 aliphatic carbocycles. The number of nitrogens with one attached hydrogen (secondary N) is 1. The second kappa shape index (κ2) is 8.24. The van der Waals surface area contributed by atoms with Gasteiger partial charge in [-0.2, -0.15) is 0 Å². The third-order valence-corrected chi connectivity index (χ3v) is 4.33. The van der Waals surface area contributed by atoms with Crippen LogP contribution in [0.4, 0.5) is 5.82 Å². The lowest BCUT2D eigenvalue weighted by molar-refractivity contribution is -0.149. The molecule has 0 saturated heterocycles. The van der Waals surface area contributed by atoms with Crippen molar-refractivity contribution in [2.45, 2.75) is 25.9 Å². The van der Waals surface area contributed by atoms with Crippen molar-refractivity contribution in [3.63, 3.8) is 0 Å². The molecular formula is C19H18Cl2N2O5. The standard InChI is InChI=1S/C19H18Cl2N2O5/c1-19(2)7-11-4-3-5-14(17(11)28-19)26-10-16(25)27-9-15(24)23-18-13(21)6-12(20)8-22-18/h3-6,8H,7,9-10H2,1-2H3,(H,22,23,24). The SMILES string of the molecule is CC1(C)Cc2cccc(OCC(=O)OCC(=O)Nc3ncc(Cl)cc3Cl)c2O1. The molecule has 0 atom stereocenters. The van der Waals surface area contributed by atoms with Crippen LogP contribution in [-0.2, 0) is 20.7 Å². The smallest absolute Gasteiger partial charge is 0.344 e. The van der Waals surface area contributed by atoms with Crippen molar-refractivity contribution in [1.82, 2.24) is 4.98 Å². The molecule has 3 rings (SSSR count). The summed E-state index contributed by atoms with van der Waals surface area (Å²) < 4.78 is 16.3. The van der Waals surface area contributed by atoms with E-state index in [1.165, 1.54) is 12.3 Å². The number of hydrogen-bond acceptors (Lipinski definition) is 6. The number of anilines is 1. The van der Waals surface area contributed by atoms with E-state index in [1.54, 1.807) is 6.07 Å². The van der Waals surface area contributed by atoms with E-state index < -0.39 is 18.5 Å². The maximum atomic E-state index is 11.9. The van der Waals surface area contributed by atoms with E-state index in [0.29, 0.717) is 16.5 Å². The van der Waals surface area contributed by atoms with Gasteiger partial charge < -0.3 is 19.5 Å². The van der Waals surface area contributed by atoms with Gasteiger partial charge in [-0.15, -0.1) is 0 Å². The zero-order valence-electron chi connectivity index (χ0n) is 15.3. The molecule has 7 nitrogen and oxygen atoms in total. The fraction of sp³-hybridized carbons (Fsp3) is 0.316. The van der Waals surface area contributed by atoms with Gasteiger partial charge in [-0.05, 0) is 26.0 Å². The first-order valence-electron chi connectivity index (χ1n) is 8.44. The molecule has 0 bridgehead atoms. The minimum absolute atomic E-state index is 0.128. The molecule has 2 aromatic rings. The van der Waals surface area contributed by atoms with Gasteiger partial charge in [0.1, 0.15) is 5.60 Å². The molecule has 148 valence electrons. The molecule has 1 aromatic heterocycles. The number of carbonyl (C=O) groups is 2. The largest absolute Gasteiger partial charge is 0.483 e. The Kier molecular flexibility index (Phi) is 5.96. The number of amides is 1. The molecular weight excluding hydrogens is 407 g/mol. The van der Waals surface area contributed by atoms with Crippen LogP contribution in [0.25, 0.3) is 0 Å². The van der Waals surface area contributed by atoms with Crippen molar-refractivity contribution in [1.29, 1.82) is 0 Å². The normalized spacial score (nSPS) is 14.0. The highest BCUT2D eigenvalue weighted by Gasteiger charge is 2.32. The first kappa shape index (κ1) is 20.2. The summed E-state index contributed by atoms with van der Waals surface area (Å²) in [6, 6.07) is 6.94. The summed E-state index contributed by atoms with van der Waals surface area (Å²) >= 11 is 11.7. The lowest BCUT2D eigenvalue weighted by Crippen LogP contribution is -2.25. The van der Waals surface area contributed by atoms with E-state index in [9.17, 15) is 9.59 Å². The number of para-hydroxylation sites is 1. The monoisotopic (exact) mass is 424 g/mol. The van der Waals surface area contributed by atoms with E-state index in [1.807, 2.05) is 26.0 Å². The summed E-state index contributed by atoms with van der Waals surface area (Å²) in [5.74, 6) is -0.0676. The van der Waals surface area contributed by atoms with Gasteiger partial charge in [0.2, 0.25) is 0 Å². The van der Waals surface area contributed by atoms with Gasteiger partial charge in [-0.3, -0.25) is 4.79 Å². The number of benzene rings is 1. The number of aromatic nitrogens is 1. The fourth-order valence-corrected chi connectivity index (χ4v) is 3.13. The summed E-state index contributed by atoms with van der Waals surface area (Å²) in [6.07, 6.45) is 2.09. The van der Waals surface area contributed by atoms with Crippen LogP contribution < -0.4 is 14.8 Å². The maximum Gasteiger partial charge on any atom is 0.344 e. The zero-order valence-corrected chi connectivity index (χ0v) is 16.8. The predicted molar refractivity (Wildman–Crippen MR) is 104 cm³/mol. The quantitative estimate of drug-likeness (QED) is 0.711. The van der Waals surface area contributed by atoms with Crippen molar-refractivity contribution in [3.8, 4) is 11.5 Å². The molecule has 1 aliphatic rings. The molecule has 0 fully saturated rings. The van der Waals surface area contributed by atoms with E-state index in [2.05, 4.69) is 10.3 Å². The molecule has 2 heterocycles. The zero-order chi connectivity index (χ0) is 20.3. The molecule has 9 heteroatoms. The van der Waals surface area contributed by atoms with Crippen LogP contribution in [0.3, 0.4) is 0 Å². The number of ether oxygens (including phenoxy) is 3. The van der Waals surface area contributed by atoms with Crippen LogP contribution in [0.5, 0.6) is 11.5 Å². The van der Waals surface area contributed by atoms with Crippen LogP contribution >= 0.6 is 23.2 Å². The van der Waals surface area contributed by atoms with Gasteiger partial charge in [0.05, 0.1) is 10.0 Å². The van der Waals surface area contributed by atoms with Crippen molar-refractivity contribution >= 4 is 40.9 Å². The number of halogens is 2. The second-order valence-electron chi connectivity index (χ2n) is 6.76. The molecule has 0 radical (unpaired) electrons. The number of nitrogens with zero attached hydrogens (tertiary/aromatic N) is 1.